The molecule has 0 unspecified atom stereocenters. The first kappa shape index (κ1) is 10.5. The van der Waals surface area contributed by atoms with Gasteiger partial charge in [-0.25, -0.2) is 0 Å². The van der Waals surface area contributed by atoms with Crippen molar-refractivity contribution >= 4 is 17.5 Å². The Kier molecular flexibility index (Phi) is 2.67. The molecule has 0 N–H and O–H groups in total. The molecule has 0 bridgehead atoms. The van der Waals surface area contributed by atoms with Crippen molar-refractivity contribution < 1.29 is 9.53 Å². The van der Waals surface area contributed by atoms with Gasteiger partial charge in [0, 0.05) is 19.1 Å². The van der Waals surface area contributed by atoms with Crippen LogP contribution in [-0.4, -0.2) is 31.0 Å². The van der Waals surface area contributed by atoms with E-state index in [4.69, 9.17) is 16.3 Å². The summed E-state index contributed by atoms with van der Waals surface area (Å²) in [5.74, 6) is 0.00921. The van der Waals surface area contributed by atoms with E-state index in [0.717, 1.165) is 5.56 Å². The number of ether oxygens (including phenoxy) is 1. The summed E-state index contributed by atoms with van der Waals surface area (Å²) in [6.07, 6.45) is -0.418. The molecule has 0 aliphatic carbocycles. The van der Waals surface area contributed by atoms with E-state index in [1.807, 2.05) is 12.1 Å². The van der Waals surface area contributed by atoms with Gasteiger partial charge in [-0.1, -0.05) is 23.7 Å². The van der Waals surface area contributed by atoms with Gasteiger partial charge in [-0.05, 0) is 17.7 Å². The van der Waals surface area contributed by atoms with Crippen molar-refractivity contribution in [2.75, 3.05) is 14.1 Å². The Balaban J connectivity index is 2.05. The molecule has 0 aromatic heterocycles. The molecule has 0 radical (unpaired) electrons. The molecule has 1 aliphatic heterocycles. The molecule has 1 heterocycles. The van der Waals surface area contributed by atoms with Crippen LogP contribution in [0.2, 0.25) is 5.02 Å². The van der Waals surface area contributed by atoms with Crippen molar-refractivity contribution in [3.8, 4) is 0 Å². The fourth-order valence-corrected chi connectivity index (χ4v) is 1.59. The monoisotopic (exact) mass is 225 g/mol. The minimum atomic E-state index is -0.318. The van der Waals surface area contributed by atoms with Crippen molar-refractivity contribution in [3.05, 3.63) is 34.9 Å². The maximum atomic E-state index is 11.5. The van der Waals surface area contributed by atoms with Gasteiger partial charge < -0.3 is 9.64 Å². The van der Waals surface area contributed by atoms with Crippen LogP contribution in [0.1, 0.15) is 11.7 Å². The van der Waals surface area contributed by atoms with E-state index in [2.05, 4.69) is 0 Å². The summed E-state index contributed by atoms with van der Waals surface area (Å²) in [6, 6.07) is 7.37. The summed E-state index contributed by atoms with van der Waals surface area (Å²) in [7, 11) is 3.45. The third kappa shape index (κ3) is 2.13. The van der Waals surface area contributed by atoms with Crippen LogP contribution in [0.4, 0.5) is 0 Å². The molecule has 1 aromatic rings. The van der Waals surface area contributed by atoms with E-state index in [1.54, 1.807) is 31.1 Å². The molecule has 0 saturated carbocycles. The summed E-state index contributed by atoms with van der Waals surface area (Å²) in [4.78, 5) is 13.1. The third-order valence-electron chi connectivity index (χ3n) is 2.37. The zero-order chi connectivity index (χ0) is 11.0. The van der Waals surface area contributed by atoms with Crippen LogP contribution in [0.5, 0.6) is 0 Å². The lowest BCUT2D eigenvalue weighted by Gasteiger charge is -2.06. The molecule has 1 saturated heterocycles. The minimum Gasteiger partial charge on any atom is -0.354 e. The van der Waals surface area contributed by atoms with E-state index >= 15 is 0 Å². The molecule has 15 heavy (non-hydrogen) atoms. The molecular formula is C11H12ClNO2. The first-order chi connectivity index (χ1) is 7.09. The standard InChI is InChI=1S/C11H12ClNO2/c1-13(2)11(14)10-9(15-10)7-3-5-8(12)6-4-7/h3-6,9-10H,1-2H3/t9-,10+/m1/s1. The number of carbonyl (C=O) groups is 1. The highest BCUT2D eigenvalue weighted by atomic mass is 35.5. The summed E-state index contributed by atoms with van der Waals surface area (Å²) in [6.45, 7) is 0. The first-order valence-corrected chi connectivity index (χ1v) is 5.09. The molecule has 2 atom stereocenters. The molecule has 4 heteroatoms. The fourth-order valence-electron chi connectivity index (χ4n) is 1.46. The second kappa shape index (κ2) is 3.83. The molecular weight excluding hydrogens is 214 g/mol. The smallest absolute Gasteiger partial charge is 0.254 e. The number of hydrogen-bond acceptors (Lipinski definition) is 2. The molecule has 2 rings (SSSR count). The van der Waals surface area contributed by atoms with Crippen molar-refractivity contribution in [1.29, 1.82) is 0 Å². The summed E-state index contributed by atoms with van der Waals surface area (Å²) >= 11 is 5.77. The van der Waals surface area contributed by atoms with E-state index in [0.29, 0.717) is 5.02 Å². The average Bonchev–Trinajstić information content (AvgIpc) is 2.97. The predicted molar refractivity (Wildman–Crippen MR) is 57.8 cm³/mol. The quantitative estimate of drug-likeness (QED) is 0.720. The summed E-state index contributed by atoms with van der Waals surface area (Å²) in [5.41, 5.74) is 1.000. The molecule has 3 nitrogen and oxygen atoms in total. The number of amides is 1. The van der Waals surface area contributed by atoms with Crippen molar-refractivity contribution in [1.82, 2.24) is 4.90 Å². The average molecular weight is 226 g/mol. The van der Waals surface area contributed by atoms with Gasteiger partial charge >= 0.3 is 0 Å². The van der Waals surface area contributed by atoms with E-state index in [1.165, 1.54) is 0 Å². The van der Waals surface area contributed by atoms with Crippen LogP contribution in [-0.2, 0) is 9.53 Å². The SMILES string of the molecule is CN(C)C(=O)[C@H]1O[C@@H]1c1ccc(Cl)cc1. The Morgan fingerprint density at radius 2 is 1.93 bits per heavy atom. The number of hydrogen-bond donors (Lipinski definition) is 0. The number of rotatable bonds is 2. The number of carbonyl (C=O) groups excluding carboxylic acids is 1. The van der Waals surface area contributed by atoms with Crippen LogP contribution >= 0.6 is 11.6 Å². The van der Waals surface area contributed by atoms with Gasteiger partial charge in [-0.3, -0.25) is 4.79 Å². The van der Waals surface area contributed by atoms with Crippen molar-refractivity contribution in [3.63, 3.8) is 0 Å². The zero-order valence-electron chi connectivity index (χ0n) is 8.61. The van der Waals surface area contributed by atoms with Gasteiger partial charge in [0.15, 0.2) is 6.10 Å². The van der Waals surface area contributed by atoms with Crippen molar-refractivity contribution in [2.24, 2.45) is 0 Å². The van der Waals surface area contributed by atoms with Crippen LogP contribution in [0.3, 0.4) is 0 Å². The molecule has 0 spiro atoms. The number of likely N-dealkylation sites (N-methyl/N-ethyl adjacent to an activating group) is 1. The lowest BCUT2D eigenvalue weighted by atomic mass is 10.1. The van der Waals surface area contributed by atoms with Gasteiger partial charge in [0.05, 0.1) is 0 Å². The Hall–Kier alpha value is -1.06. The number of benzene rings is 1. The zero-order valence-corrected chi connectivity index (χ0v) is 9.36. The molecule has 80 valence electrons. The summed E-state index contributed by atoms with van der Waals surface area (Å²) in [5, 5.41) is 0.690. The highest BCUT2D eigenvalue weighted by Gasteiger charge is 2.46. The number of nitrogens with zero attached hydrogens (tertiary/aromatic N) is 1. The molecule has 1 aromatic carbocycles. The topological polar surface area (TPSA) is 32.8 Å². The third-order valence-corrected chi connectivity index (χ3v) is 2.63. The molecule has 1 amide bonds. The second-order valence-electron chi connectivity index (χ2n) is 3.76. The van der Waals surface area contributed by atoms with Crippen LogP contribution < -0.4 is 0 Å². The van der Waals surface area contributed by atoms with Gasteiger partial charge in [0.2, 0.25) is 0 Å². The van der Waals surface area contributed by atoms with Crippen LogP contribution in [0, 0.1) is 0 Å². The highest BCUT2D eigenvalue weighted by Crippen LogP contribution is 2.39. The Labute approximate surface area is 93.6 Å². The maximum Gasteiger partial charge on any atom is 0.254 e. The predicted octanol–water partition coefficient (Wildman–Crippen LogP) is 1.87. The van der Waals surface area contributed by atoms with Gasteiger partial charge in [-0.15, -0.1) is 0 Å². The summed E-state index contributed by atoms with van der Waals surface area (Å²) < 4.78 is 5.33. The van der Waals surface area contributed by atoms with E-state index < -0.39 is 0 Å². The lowest BCUT2D eigenvalue weighted by Crippen LogP contribution is -2.26. The Morgan fingerprint density at radius 3 is 2.47 bits per heavy atom. The van der Waals surface area contributed by atoms with Crippen LogP contribution in [0.15, 0.2) is 24.3 Å². The maximum absolute atomic E-state index is 11.5. The lowest BCUT2D eigenvalue weighted by molar-refractivity contribution is -0.129. The largest absolute Gasteiger partial charge is 0.354 e. The number of halogens is 1. The Bertz CT molecular complexity index is 375. The van der Waals surface area contributed by atoms with E-state index in [-0.39, 0.29) is 18.1 Å². The molecule has 1 fully saturated rings. The van der Waals surface area contributed by atoms with Gasteiger partial charge in [0.25, 0.3) is 5.91 Å². The fraction of sp³-hybridized carbons (Fsp3) is 0.364. The van der Waals surface area contributed by atoms with Gasteiger partial charge in [-0.2, -0.15) is 0 Å². The van der Waals surface area contributed by atoms with Gasteiger partial charge in [0.1, 0.15) is 6.10 Å². The number of epoxide rings is 1. The first-order valence-electron chi connectivity index (χ1n) is 4.71. The van der Waals surface area contributed by atoms with Crippen molar-refractivity contribution in [2.45, 2.75) is 12.2 Å². The normalized spacial score (nSPS) is 23.7. The van der Waals surface area contributed by atoms with Crippen LogP contribution in [0.25, 0.3) is 0 Å². The highest BCUT2D eigenvalue weighted by molar-refractivity contribution is 6.30. The molecule has 1 aliphatic rings. The van der Waals surface area contributed by atoms with E-state index in [9.17, 15) is 4.79 Å². The Morgan fingerprint density at radius 1 is 1.33 bits per heavy atom. The second-order valence-corrected chi connectivity index (χ2v) is 4.20. The minimum absolute atomic E-state index is 0.00921.